The minimum Gasteiger partial charge on any atom is -0.380 e. The van der Waals surface area contributed by atoms with Gasteiger partial charge in [-0.25, -0.2) is 0 Å². The molecule has 0 aliphatic heterocycles. The second kappa shape index (κ2) is 4.84. The Kier molecular flexibility index (Phi) is 3.57. The zero-order chi connectivity index (χ0) is 13.3. The van der Waals surface area contributed by atoms with Crippen molar-refractivity contribution in [3.63, 3.8) is 0 Å². The summed E-state index contributed by atoms with van der Waals surface area (Å²) in [6.45, 7) is 8.85. The Morgan fingerprint density at radius 1 is 1.28 bits per heavy atom. The molecule has 1 atom stereocenters. The Bertz CT molecular complexity index is 560. The number of halogens is 1. The van der Waals surface area contributed by atoms with Crippen molar-refractivity contribution >= 4 is 32.7 Å². The number of pyridine rings is 2. The van der Waals surface area contributed by atoms with Crippen LogP contribution in [0.1, 0.15) is 27.7 Å². The fraction of sp³-hybridized carbons (Fsp3) is 0.429. The van der Waals surface area contributed by atoms with Crippen LogP contribution in [0.15, 0.2) is 29.0 Å². The van der Waals surface area contributed by atoms with Crippen LogP contribution in [0.4, 0.5) is 5.69 Å². The van der Waals surface area contributed by atoms with E-state index in [1.165, 1.54) is 0 Å². The van der Waals surface area contributed by atoms with Gasteiger partial charge in [0, 0.05) is 22.9 Å². The molecule has 1 N–H and O–H groups in total. The van der Waals surface area contributed by atoms with E-state index in [0.717, 1.165) is 21.2 Å². The molecule has 0 saturated heterocycles. The molecular weight excluding hydrogens is 290 g/mol. The fourth-order valence-corrected chi connectivity index (χ4v) is 1.89. The Morgan fingerprint density at radius 2 is 2.00 bits per heavy atom. The third-order valence-corrected chi connectivity index (χ3v) is 3.65. The molecule has 18 heavy (non-hydrogen) atoms. The molecule has 3 nitrogen and oxygen atoms in total. The monoisotopic (exact) mass is 307 g/mol. The molecule has 2 aromatic heterocycles. The highest BCUT2D eigenvalue weighted by molar-refractivity contribution is 9.10. The lowest BCUT2D eigenvalue weighted by atomic mass is 9.88. The average molecular weight is 308 g/mol. The smallest absolute Gasteiger partial charge is 0.112 e. The van der Waals surface area contributed by atoms with E-state index in [-0.39, 0.29) is 5.41 Å². The summed E-state index contributed by atoms with van der Waals surface area (Å²) in [6.07, 6.45) is 3.62. The van der Waals surface area contributed by atoms with Crippen molar-refractivity contribution in [2.45, 2.75) is 33.7 Å². The highest BCUT2D eigenvalue weighted by Crippen LogP contribution is 2.27. The van der Waals surface area contributed by atoms with Gasteiger partial charge in [0.2, 0.25) is 0 Å². The Balaban J connectivity index is 2.40. The van der Waals surface area contributed by atoms with Crippen LogP contribution in [0.5, 0.6) is 0 Å². The third kappa shape index (κ3) is 2.80. The lowest BCUT2D eigenvalue weighted by Gasteiger charge is -2.29. The number of hydrogen-bond donors (Lipinski definition) is 1. The summed E-state index contributed by atoms with van der Waals surface area (Å²) in [6, 6.07) is 4.31. The number of fused-ring (bicyclic) bond motifs is 1. The maximum Gasteiger partial charge on any atom is 0.112 e. The summed E-state index contributed by atoms with van der Waals surface area (Å²) in [5, 5.41) is 3.53. The molecule has 2 rings (SSSR count). The lowest BCUT2D eigenvalue weighted by molar-refractivity contribution is 0.359. The topological polar surface area (TPSA) is 37.8 Å². The maximum absolute atomic E-state index is 4.44. The van der Waals surface area contributed by atoms with Crippen molar-refractivity contribution in [3.8, 4) is 0 Å². The van der Waals surface area contributed by atoms with Crippen molar-refractivity contribution in [3.05, 3.63) is 29.0 Å². The van der Waals surface area contributed by atoms with Crippen molar-refractivity contribution in [2.75, 3.05) is 5.32 Å². The number of nitrogens with zero attached hydrogens (tertiary/aromatic N) is 2. The first kappa shape index (κ1) is 13.3. The molecule has 0 aromatic carbocycles. The molecular formula is C14H18BrN3. The number of rotatable bonds is 2. The van der Waals surface area contributed by atoms with Gasteiger partial charge >= 0.3 is 0 Å². The molecule has 0 saturated carbocycles. The van der Waals surface area contributed by atoms with Gasteiger partial charge in [-0.1, -0.05) is 20.8 Å². The number of hydrogen-bond acceptors (Lipinski definition) is 3. The van der Waals surface area contributed by atoms with Gasteiger partial charge in [-0.2, -0.15) is 0 Å². The fourth-order valence-electron chi connectivity index (χ4n) is 1.57. The van der Waals surface area contributed by atoms with E-state index in [4.69, 9.17) is 0 Å². The van der Waals surface area contributed by atoms with Crippen LogP contribution in [0.3, 0.4) is 0 Å². The van der Waals surface area contributed by atoms with Crippen LogP contribution < -0.4 is 5.32 Å². The van der Waals surface area contributed by atoms with E-state index in [2.05, 4.69) is 58.9 Å². The van der Waals surface area contributed by atoms with E-state index < -0.39 is 0 Å². The van der Waals surface area contributed by atoms with Crippen molar-refractivity contribution < 1.29 is 0 Å². The molecule has 0 bridgehead atoms. The van der Waals surface area contributed by atoms with Gasteiger partial charge in [0.1, 0.15) is 5.52 Å². The molecule has 4 heteroatoms. The Labute approximate surface area is 116 Å². The van der Waals surface area contributed by atoms with Gasteiger partial charge in [-0.05, 0) is 40.4 Å². The highest BCUT2D eigenvalue weighted by atomic mass is 79.9. The molecule has 0 fully saturated rings. The summed E-state index contributed by atoms with van der Waals surface area (Å²) >= 11 is 3.42. The first-order valence-electron chi connectivity index (χ1n) is 6.05. The molecule has 2 heterocycles. The number of aromatic nitrogens is 2. The first-order valence-corrected chi connectivity index (χ1v) is 6.84. The predicted octanol–water partition coefficient (Wildman–Crippen LogP) is 4.24. The predicted molar refractivity (Wildman–Crippen MR) is 79.8 cm³/mol. The molecule has 0 spiro atoms. The summed E-state index contributed by atoms with van der Waals surface area (Å²) in [4.78, 5) is 8.78. The summed E-state index contributed by atoms with van der Waals surface area (Å²) < 4.78 is 0.948. The van der Waals surface area contributed by atoms with Gasteiger partial charge in [-0.15, -0.1) is 0 Å². The van der Waals surface area contributed by atoms with Crippen molar-refractivity contribution in [1.29, 1.82) is 0 Å². The van der Waals surface area contributed by atoms with Crippen molar-refractivity contribution in [2.24, 2.45) is 5.41 Å². The largest absolute Gasteiger partial charge is 0.380 e. The molecule has 0 aliphatic carbocycles. The van der Waals surface area contributed by atoms with Gasteiger partial charge < -0.3 is 5.32 Å². The lowest BCUT2D eigenvalue weighted by Crippen LogP contribution is -2.30. The first-order chi connectivity index (χ1) is 8.38. The molecule has 0 radical (unpaired) electrons. The van der Waals surface area contributed by atoms with Crippen LogP contribution >= 0.6 is 15.9 Å². The molecule has 96 valence electrons. The average Bonchev–Trinajstić information content (AvgIpc) is 2.27. The van der Waals surface area contributed by atoms with Crippen molar-refractivity contribution in [1.82, 2.24) is 9.97 Å². The van der Waals surface area contributed by atoms with Gasteiger partial charge in [0.05, 0.1) is 11.2 Å². The van der Waals surface area contributed by atoms with E-state index >= 15 is 0 Å². The number of nitrogens with one attached hydrogen (secondary N) is 1. The van der Waals surface area contributed by atoms with Crippen LogP contribution in [0.25, 0.3) is 11.0 Å². The van der Waals surface area contributed by atoms with E-state index in [0.29, 0.717) is 6.04 Å². The second-order valence-electron chi connectivity index (χ2n) is 5.61. The van der Waals surface area contributed by atoms with Gasteiger partial charge in [-0.3, -0.25) is 9.97 Å². The minimum absolute atomic E-state index is 0.199. The SMILES string of the molecule is CC(Nc1ccnc2cc(Br)cnc12)C(C)(C)C. The maximum atomic E-state index is 4.44. The van der Waals surface area contributed by atoms with Gasteiger partial charge in [0.15, 0.2) is 0 Å². The normalized spacial score (nSPS) is 13.6. The molecule has 0 amide bonds. The summed E-state index contributed by atoms with van der Waals surface area (Å²) in [5.41, 5.74) is 3.05. The molecule has 0 aliphatic rings. The zero-order valence-electron chi connectivity index (χ0n) is 11.2. The molecule has 1 unspecified atom stereocenters. The zero-order valence-corrected chi connectivity index (χ0v) is 12.7. The van der Waals surface area contributed by atoms with Crippen LogP contribution in [0.2, 0.25) is 0 Å². The summed E-state index contributed by atoms with van der Waals surface area (Å²) in [7, 11) is 0. The van der Waals surface area contributed by atoms with Crippen LogP contribution in [0, 0.1) is 5.41 Å². The number of anilines is 1. The minimum atomic E-state index is 0.199. The second-order valence-corrected chi connectivity index (χ2v) is 6.53. The van der Waals surface area contributed by atoms with Gasteiger partial charge in [0.25, 0.3) is 0 Å². The van der Waals surface area contributed by atoms with E-state index in [1.54, 1.807) is 6.20 Å². The van der Waals surface area contributed by atoms with Crippen LogP contribution in [-0.4, -0.2) is 16.0 Å². The Hall–Kier alpha value is -1.16. The molecule has 2 aromatic rings. The standard InChI is InChI=1S/C14H18BrN3/c1-9(14(2,3)4)18-11-5-6-16-12-7-10(15)8-17-13(11)12/h5-9H,1-4H3,(H,16,18). The van der Waals surface area contributed by atoms with E-state index in [9.17, 15) is 0 Å². The Morgan fingerprint density at radius 3 is 2.67 bits per heavy atom. The van der Waals surface area contributed by atoms with E-state index in [1.807, 2.05) is 18.3 Å². The highest BCUT2D eigenvalue weighted by Gasteiger charge is 2.20. The third-order valence-electron chi connectivity index (χ3n) is 3.22. The van der Waals surface area contributed by atoms with Crippen LogP contribution in [-0.2, 0) is 0 Å². The quantitative estimate of drug-likeness (QED) is 0.902. The summed E-state index contributed by atoms with van der Waals surface area (Å²) in [5.74, 6) is 0.